The molecular formula is C15H24O9. The molecule has 0 aromatic rings. The Morgan fingerprint density at radius 1 is 0.917 bits per heavy atom. The second-order valence-electron chi connectivity index (χ2n) is 5.67. The van der Waals surface area contributed by atoms with Gasteiger partial charge in [-0.15, -0.1) is 0 Å². The zero-order valence-electron chi connectivity index (χ0n) is 14.4. The van der Waals surface area contributed by atoms with Crippen LogP contribution in [0.2, 0.25) is 0 Å². The Morgan fingerprint density at radius 3 is 1.83 bits per heavy atom. The van der Waals surface area contributed by atoms with E-state index in [0.717, 1.165) is 13.8 Å². The highest BCUT2D eigenvalue weighted by Crippen LogP contribution is 2.28. The maximum Gasteiger partial charge on any atom is 0.303 e. The maximum atomic E-state index is 11.4. The Morgan fingerprint density at radius 2 is 1.38 bits per heavy atom. The van der Waals surface area contributed by atoms with Gasteiger partial charge in [0, 0.05) is 20.8 Å². The third-order valence-electron chi connectivity index (χ3n) is 3.11. The molecule has 9 heteroatoms. The van der Waals surface area contributed by atoms with Gasteiger partial charge in [0.15, 0.2) is 24.6 Å². The largest absolute Gasteiger partial charge is 0.456 e. The van der Waals surface area contributed by atoms with Crippen molar-refractivity contribution in [1.82, 2.24) is 0 Å². The van der Waals surface area contributed by atoms with Gasteiger partial charge in [0.2, 0.25) is 0 Å². The molecule has 1 saturated heterocycles. The van der Waals surface area contributed by atoms with Gasteiger partial charge in [-0.05, 0) is 13.8 Å². The third kappa shape index (κ3) is 6.06. The second-order valence-corrected chi connectivity index (χ2v) is 5.67. The smallest absolute Gasteiger partial charge is 0.303 e. The fraction of sp³-hybridized carbons (Fsp3) is 0.800. The predicted octanol–water partition coefficient (Wildman–Crippen LogP) is -0.0763. The number of aliphatic hydroxyl groups is 1. The maximum absolute atomic E-state index is 11.4. The Kier molecular flexibility index (Phi) is 7.59. The minimum Gasteiger partial charge on any atom is -0.456 e. The summed E-state index contributed by atoms with van der Waals surface area (Å²) in [5.41, 5.74) is 0. The number of hydrogen-bond acceptors (Lipinski definition) is 9. The van der Waals surface area contributed by atoms with Crippen LogP contribution >= 0.6 is 0 Å². The van der Waals surface area contributed by atoms with E-state index < -0.39 is 48.6 Å². The number of carbonyl (C=O) groups is 3. The predicted molar refractivity (Wildman–Crippen MR) is 78.6 cm³/mol. The van der Waals surface area contributed by atoms with Crippen LogP contribution < -0.4 is 0 Å². The van der Waals surface area contributed by atoms with E-state index in [2.05, 4.69) is 0 Å². The number of aliphatic hydroxyl groups excluding tert-OH is 1. The van der Waals surface area contributed by atoms with Crippen molar-refractivity contribution in [2.24, 2.45) is 0 Å². The average molecular weight is 348 g/mol. The van der Waals surface area contributed by atoms with Crippen molar-refractivity contribution in [1.29, 1.82) is 0 Å². The summed E-state index contributed by atoms with van der Waals surface area (Å²) in [5, 5.41) is 10.1. The molecule has 0 amide bonds. The van der Waals surface area contributed by atoms with E-state index in [0.29, 0.717) is 0 Å². The van der Waals surface area contributed by atoms with Gasteiger partial charge in [-0.2, -0.15) is 0 Å². The van der Waals surface area contributed by atoms with E-state index >= 15 is 0 Å². The highest BCUT2D eigenvalue weighted by atomic mass is 16.7. The molecule has 1 heterocycles. The van der Waals surface area contributed by atoms with Crippen LogP contribution in [-0.4, -0.2) is 66.4 Å². The van der Waals surface area contributed by atoms with Crippen molar-refractivity contribution < 1.29 is 43.2 Å². The number of rotatable bonds is 6. The highest BCUT2D eigenvalue weighted by Gasteiger charge is 2.51. The fourth-order valence-corrected chi connectivity index (χ4v) is 2.29. The molecular weight excluding hydrogens is 324 g/mol. The summed E-state index contributed by atoms with van der Waals surface area (Å²) < 4.78 is 26.1. The Bertz CT molecular complexity index is 462. The van der Waals surface area contributed by atoms with E-state index in [1.807, 2.05) is 0 Å². The Balaban J connectivity index is 3.08. The normalized spacial score (nSPS) is 29.9. The van der Waals surface area contributed by atoms with Gasteiger partial charge in [-0.25, -0.2) is 0 Å². The molecule has 138 valence electrons. The zero-order valence-corrected chi connectivity index (χ0v) is 14.4. The lowest BCUT2D eigenvalue weighted by molar-refractivity contribution is -0.298. The van der Waals surface area contributed by atoms with Gasteiger partial charge in [0.25, 0.3) is 0 Å². The summed E-state index contributed by atoms with van der Waals surface area (Å²) >= 11 is 0. The minimum absolute atomic E-state index is 0.0166. The van der Waals surface area contributed by atoms with Crippen LogP contribution in [0.5, 0.6) is 0 Å². The summed E-state index contributed by atoms with van der Waals surface area (Å²) in [5.74, 6) is -2.04. The Labute approximate surface area is 140 Å². The number of ether oxygens (including phenoxy) is 5. The molecule has 1 unspecified atom stereocenters. The standard InChI is InChI=1S/C15H24O9/c1-7(2)20-6-11-12(21-8(3)16)13(22-9(4)17)14(15(19)24-11)23-10(5)18/h7,11-15,19H,6H2,1-5H3/t11-,12+,13+,14-,15?/m1/s1. The van der Waals surface area contributed by atoms with E-state index in [-0.39, 0.29) is 12.7 Å². The van der Waals surface area contributed by atoms with E-state index in [4.69, 9.17) is 23.7 Å². The fourth-order valence-electron chi connectivity index (χ4n) is 2.29. The van der Waals surface area contributed by atoms with Gasteiger partial charge >= 0.3 is 17.9 Å². The van der Waals surface area contributed by atoms with Crippen molar-refractivity contribution in [2.45, 2.75) is 71.4 Å². The quantitative estimate of drug-likeness (QED) is 0.519. The molecule has 5 atom stereocenters. The first-order chi connectivity index (χ1) is 11.1. The molecule has 0 aromatic heterocycles. The van der Waals surface area contributed by atoms with Crippen LogP contribution in [0.15, 0.2) is 0 Å². The lowest BCUT2D eigenvalue weighted by Crippen LogP contribution is -2.62. The molecule has 24 heavy (non-hydrogen) atoms. The molecule has 0 aromatic carbocycles. The van der Waals surface area contributed by atoms with Gasteiger partial charge in [-0.1, -0.05) is 0 Å². The van der Waals surface area contributed by atoms with E-state index in [9.17, 15) is 19.5 Å². The lowest BCUT2D eigenvalue weighted by Gasteiger charge is -2.42. The number of carbonyl (C=O) groups excluding carboxylic acids is 3. The zero-order chi connectivity index (χ0) is 18.4. The lowest BCUT2D eigenvalue weighted by atomic mass is 9.98. The first-order valence-corrected chi connectivity index (χ1v) is 7.58. The van der Waals surface area contributed by atoms with Gasteiger partial charge in [0.05, 0.1) is 12.7 Å². The SMILES string of the molecule is CC(=O)O[C@@H]1[C@H](OC(C)=O)[C@@H](OC(C)=O)C(O)O[C@@H]1COC(C)C. The minimum atomic E-state index is -1.56. The van der Waals surface area contributed by atoms with Crippen molar-refractivity contribution in [3.8, 4) is 0 Å². The molecule has 0 radical (unpaired) electrons. The molecule has 1 N–H and O–H groups in total. The first kappa shape index (κ1) is 20.3. The highest BCUT2D eigenvalue weighted by molar-refractivity contribution is 5.68. The van der Waals surface area contributed by atoms with Gasteiger partial charge < -0.3 is 28.8 Å². The topological polar surface area (TPSA) is 118 Å². The summed E-state index contributed by atoms with van der Waals surface area (Å²) in [7, 11) is 0. The summed E-state index contributed by atoms with van der Waals surface area (Å²) in [6.07, 6.45) is -6.25. The van der Waals surface area contributed by atoms with Crippen molar-refractivity contribution in [3.63, 3.8) is 0 Å². The molecule has 0 saturated carbocycles. The van der Waals surface area contributed by atoms with Crippen molar-refractivity contribution in [2.75, 3.05) is 6.61 Å². The second kappa shape index (κ2) is 8.95. The molecule has 1 aliphatic heterocycles. The molecule has 9 nitrogen and oxygen atoms in total. The molecule has 0 bridgehead atoms. The molecule has 1 rings (SSSR count). The van der Waals surface area contributed by atoms with Crippen LogP contribution in [0.1, 0.15) is 34.6 Å². The molecule has 1 aliphatic rings. The van der Waals surface area contributed by atoms with Crippen LogP contribution in [0.4, 0.5) is 0 Å². The van der Waals surface area contributed by atoms with Crippen molar-refractivity contribution >= 4 is 17.9 Å². The third-order valence-corrected chi connectivity index (χ3v) is 3.11. The van der Waals surface area contributed by atoms with Crippen molar-refractivity contribution in [3.05, 3.63) is 0 Å². The van der Waals surface area contributed by atoms with E-state index in [1.165, 1.54) is 6.92 Å². The van der Waals surface area contributed by atoms with E-state index in [1.54, 1.807) is 13.8 Å². The van der Waals surface area contributed by atoms with Gasteiger partial charge in [-0.3, -0.25) is 14.4 Å². The van der Waals surface area contributed by atoms with Gasteiger partial charge in [0.1, 0.15) is 6.10 Å². The first-order valence-electron chi connectivity index (χ1n) is 7.58. The Hall–Kier alpha value is -1.71. The molecule has 1 fully saturated rings. The molecule has 0 aliphatic carbocycles. The van der Waals surface area contributed by atoms with Crippen LogP contribution in [0.25, 0.3) is 0 Å². The summed E-state index contributed by atoms with van der Waals surface area (Å²) in [4.78, 5) is 34.1. The number of hydrogen-bond donors (Lipinski definition) is 1. The van der Waals surface area contributed by atoms with Crippen LogP contribution in [0, 0.1) is 0 Å². The monoisotopic (exact) mass is 348 g/mol. The van der Waals surface area contributed by atoms with Crippen LogP contribution in [-0.2, 0) is 38.1 Å². The summed E-state index contributed by atoms with van der Waals surface area (Å²) in [6, 6.07) is 0. The average Bonchev–Trinajstić information content (AvgIpc) is 2.42. The molecule has 0 spiro atoms. The van der Waals surface area contributed by atoms with Crippen LogP contribution in [0.3, 0.4) is 0 Å². The summed E-state index contributed by atoms with van der Waals surface area (Å²) in [6.45, 7) is 7.04. The number of esters is 3.